The van der Waals surface area contributed by atoms with Gasteiger partial charge in [0, 0.05) is 22.3 Å². The maximum absolute atomic E-state index is 12.7. The van der Waals surface area contributed by atoms with Crippen LogP contribution in [0.5, 0.6) is 5.75 Å². The number of phenolic OH excluding ortho intramolecular Hbond substituents is 1. The van der Waals surface area contributed by atoms with Gasteiger partial charge in [-0.05, 0) is 152 Å². The van der Waals surface area contributed by atoms with Gasteiger partial charge in [-0.25, -0.2) is 0 Å². The molecule has 18 heteroatoms. The predicted molar refractivity (Wildman–Crippen MR) is 215 cm³/mol. The molecule has 0 atom stereocenters. The third kappa shape index (κ3) is 9.22. The number of anilines is 2. The third-order valence-electron chi connectivity index (χ3n) is 8.72. The van der Waals surface area contributed by atoms with Gasteiger partial charge in [0.25, 0.3) is 26.1 Å². The van der Waals surface area contributed by atoms with Crippen molar-refractivity contribution >= 4 is 82.4 Å². The Morgan fingerprint density at radius 2 is 1.16 bits per heavy atom. The number of rotatable bonds is 10. The van der Waals surface area contributed by atoms with Crippen molar-refractivity contribution in [2.75, 3.05) is 11.1 Å². The molecule has 16 nitrogen and oxygen atoms in total. The summed E-state index contributed by atoms with van der Waals surface area (Å²) in [6.45, 7) is 6.98. The molecule has 0 spiro atoms. The van der Waals surface area contributed by atoms with Crippen LogP contribution in [0.1, 0.15) is 32.6 Å². The lowest BCUT2D eigenvalue weighted by atomic mass is 10.1. The summed E-state index contributed by atoms with van der Waals surface area (Å²) in [5.41, 5.74) is 11.2. The molecule has 6 aromatic carbocycles. The van der Waals surface area contributed by atoms with E-state index in [1.54, 1.807) is 75.4 Å². The normalized spacial score (nSPS) is 12.3. The van der Waals surface area contributed by atoms with Crippen LogP contribution in [-0.2, 0) is 20.2 Å². The molecular weight excluding hydrogens is 773 g/mol. The van der Waals surface area contributed by atoms with Gasteiger partial charge in [-0.2, -0.15) is 42.4 Å². The van der Waals surface area contributed by atoms with Crippen LogP contribution in [0.4, 0.5) is 45.5 Å². The van der Waals surface area contributed by atoms with Gasteiger partial charge < -0.3 is 16.2 Å². The van der Waals surface area contributed by atoms with E-state index >= 15 is 0 Å². The minimum Gasteiger partial charge on any atom is -0.505 e. The molecule has 0 aromatic heterocycles. The van der Waals surface area contributed by atoms with Crippen molar-refractivity contribution < 1.29 is 35.8 Å². The summed E-state index contributed by atoms with van der Waals surface area (Å²) in [6.07, 6.45) is 0. The zero-order chi connectivity index (χ0) is 41.2. The molecule has 0 saturated heterocycles. The number of nitrogens with zero attached hydrogens (tertiary/aromatic N) is 6. The molecule has 6 rings (SSSR count). The highest BCUT2D eigenvalue weighted by Crippen LogP contribution is 2.43. The van der Waals surface area contributed by atoms with E-state index in [9.17, 15) is 35.8 Å². The van der Waals surface area contributed by atoms with Crippen LogP contribution in [0.3, 0.4) is 0 Å². The number of hydrogen-bond donors (Lipinski definition) is 5. The Morgan fingerprint density at radius 3 is 1.74 bits per heavy atom. The van der Waals surface area contributed by atoms with Crippen LogP contribution in [0.15, 0.2) is 138 Å². The SMILES string of the molecule is Cc1cc(N=Nc2c(S(=O)(=O)O)cc3cc(NC(=O)c4ccc(N)cc4)ccc3c2O)c(C)cc1N=Nc1ccc(N=Nc2ccc(S(=O)(=O)O)cc2C)c(C)c1. The van der Waals surface area contributed by atoms with Crippen LogP contribution in [0.2, 0.25) is 0 Å². The van der Waals surface area contributed by atoms with Crippen molar-refractivity contribution in [1.29, 1.82) is 0 Å². The molecule has 0 heterocycles. The van der Waals surface area contributed by atoms with E-state index < -0.39 is 42.5 Å². The number of carbonyl (C=O) groups excluding carboxylic acids is 1. The standard InChI is InChI=1S/C39H34N8O8S2/c1-21-15-29(10-13-32(21)43-44-33-14-11-30(16-22(33)2)56(50,51)52)42-45-34-17-24(4)35(18-23(34)3)46-47-37-36(57(53,54)55)20-26-19-28(9-12-31(26)38(37)48)41-39(49)25-5-7-27(40)8-6-25/h5-20,48H,40H2,1-4H3,(H,41,49)(H,50,51,52)(H,53,54,55). The molecule has 0 aliphatic heterocycles. The lowest BCUT2D eigenvalue weighted by Crippen LogP contribution is -2.11. The fraction of sp³-hybridized carbons (Fsp3) is 0.103. The molecule has 0 aliphatic rings. The first kappa shape index (κ1) is 39.9. The van der Waals surface area contributed by atoms with Crippen molar-refractivity contribution in [3.63, 3.8) is 0 Å². The van der Waals surface area contributed by atoms with Crippen LogP contribution in [-0.4, -0.2) is 37.0 Å². The largest absolute Gasteiger partial charge is 0.505 e. The van der Waals surface area contributed by atoms with E-state index in [1.165, 1.54) is 36.4 Å². The van der Waals surface area contributed by atoms with Gasteiger partial charge in [-0.15, -0.1) is 5.11 Å². The van der Waals surface area contributed by atoms with E-state index in [-0.39, 0.29) is 15.7 Å². The van der Waals surface area contributed by atoms with E-state index in [2.05, 4.69) is 36.0 Å². The molecule has 0 bridgehead atoms. The lowest BCUT2D eigenvalue weighted by molar-refractivity contribution is 0.102. The molecule has 0 unspecified atom stereocenters. The molecule has 1 amide bonds. The van der Waals surface area contributed by atoms with Crippen molar-refractivity contribution in [2.24, 2.45) is 30.7 Å². The monoisotopic (exact) mass is 806 g/mol. The number of aryl methyl sites for hydroxylation is 4. The number of nitrogen functional groups attached to an aromatic ring is 1. The van der Waals surface area contributed by atoms with Crippen LogP contribution < -0.4 is 11.1 Å². The first-order valence-electron chi connectivity index (χ1n) is 16.9. The molecule has 0 saturated carbocycles. The summed E-state index contributed by atoms with van der Waals surface area (Å²) in [5, 5.41) is 39.8. The Balaban J connectivity index is 1.21. The fourth-order valence-electron chi connectivity index (χ4n) is 5.60. The van der Waals surface area contributed by atoms with E-state index in [0.717, 1.165) is 11.6 Å². The Labute approximate surface area is 327 Å². The topological polar surface area (TPSA) is 258 Å². The predicted octanol–water partition coefficient (Wildman–Crippen LogP) is 10.4. The van der Waals surface area contributed by atoms with Crippen LogP contribution in [0.25, 0.3) is 10.8 Å². The summed E-state index contributed by atoms with van der Waals surface area (Å²) in [6, 6.07) is 24.4. The van der Waals surface area contributed by atoms with Gasteiger partial charge in [0.2, 0.25) is 0 Å². The molecule has 290 valence electrons. The maximum Gasteiger partial charge on any atom is 0.296 e. The summed E-state index contributed by atoms with van der Waals surface area (Å²) < 4.78 is 67.1. The first-order valence-corrected chi connectivity index (χ1v) is 19.7. The van der Waals surface area contributed by atoms with Crippen molar-refractivity contribution in [2.45, 2.75) is 37.5 Å². The minimum atomic E-state index is -4.90. The summed E-state index contributed by atoms with van der Waals surface area (Å²) in [5.74, 6) is -0.989. The molecule has 6 N–H and O–H groups in total. The van der Waals surface area contributed by atoms with Crippen molar-refractivity contribution in [3.05, 3.63) is 125 Å². The van der Waals surface area contributed by atoms with Gasteiger partial charge in [0.05, 0.1) is 33.3 Å². The maximum atomic E-state index is 12.7. The Hall–Kier alpha value is -6.73. The molecular formula is C39H34N8O8S2. The highest BCUT2D eigenvalue weighted by molar-refractivity contribution is 7.86. The number of azo groups is 3. The first-order chi connectivity index (χ1) is 26.9. The fourth-order valence-corrected chi connectivity index (χ4v) is 6.82. The smallest absolute Gasteiger partial charge is 0.296 e. The second-order valence-corrected chi connectivity index (χ2v) is 15.8. The number of nitrogens with two attached hydrogens (primary N) is 1. The molecule has 0 fully saturated rings. The molecule has 57 heavy (non-hydrogen) atoms. The number of carbonyl (C=O) groups is 1. The van der Waals surface area contributed by atoms with Gasteiger partial charge in [-0.3, -0.25) is 13.9 Å². The van der Waals surface area contributed by atoms with E-state index in [1.807, 2.05) is 6.92 Å². The van der Waals surface area contributed by atoms with Crippen LogP contribution >= 0.6 is 0 Å². The zero-order valence-electron chi connectivity index (χ0n) is 30.7. The number of amides is 1. The van der Waals surface area contributed by atoms with Crippen molar-refractivity contribution in [1.82, 2.24) is 0 Å². The van der Waals surface area contributed by atoms with Crippen LogP contribution in [0, 0.1) is 27.7 Å². The molecule has 6 aromatic rings. The highest BCUT2D eigenvalue weighted by Gasteiger charge is 2.23. The number of fused-ring (bicyclic) bond motifs is 1. The average molecular weight is 807 g/mol. The number of nitrogens with one attached hydrogen (secondary N) is 1. The van der Waals surface area contributed by atoms with E-state index in [0.29, 0.717) is 62.1 Å². The molecule has 0 radical (unpaired) electrons. The van der Waals surface area contributed by atoms with Gasteiger partial charge >= 0.3 is 0 Å². The van der Waals surface area contributed by atoms with Gasteiger partial charge in [-0.1, -0.05) is 0 Å². The minimum absolute atomic E-state index is 0.194. The highest BCUT2D eigenvalue weighted by atomic mass is 32.2. The second-order valence-electron chi connectivity index (χ2n) is 13.0. The van der Waals surface area contributed by atoms with E-state index in [4.69, 9.17) is 5.73 Å². The lowest BCUT2D eigenvalue weighted by Gasteiger charge is -2.11. The number of phenols is 1. The molecule has 0 aliphatic carbocycles. The Morgan fingerprint density at radius 1 is 0.596 bits per heavy atom. The van der Waals surface area contributed by atoms with Gasteiger partial charge in [0.15, 0.2) is 5.75 Å². The Kier molecular flexibility index (Phi) is 11.1. The second kappa shape index (κ2) is 15.8. The van der Waals surface area contributed by atoms with Crippen molar-refractivity contribution in [3.8, 4) is 5.75 Å². The number of aromatic hydroxyl groups is 1. The average Bonchev–Trinajstić information content (AvgIpc) is 3.14. The summed E-state index contributed by atoms with van der Waals surface area (Å²) >= 11 is 0. The number of hydrogen-bond acceptors (Lipinski definition) is 13. The quantitative estimate of drug-likeness (QED) is 0.0500. The third-order valence-corrected chi connectivity index (χ3v) is 10.4. The summed E-state index contributed by atoms with van der Waals surface area (Å²) in [4.78, 5) is 11.8. The van der Waals surface area contributed by atoms with Gasteiger partial charge in [0.1, 0.15) is 10.6 Å². The number of benzene rings is 6. The summed E-state index contributed by atoms with van der Waals surface area (Å²) in [7, 11) is -9.24. The zero-order valence-corrected chi connectivity index (χ0v) is 32.3. The Bertz CT molecular complexity index is 2910.